The molecule has 1 amide bonds. The molecule has 0 rings (SSSR count). The molecule has 0 aromatic rings. The normalized spacial score (nSPS) is 9.73. The second-order valence-corrected chi connectivity index (χ2v) is 2.19. The van der Waals surface area contributed by atoms with Gasteiger partial charge in [0, 0.05) is 26.1 Å². The largest absolute Gasteiger partial charge is 0.330 e. The summed E-state index contributed by atoms with van der Waals surface area (Å²) in [7, 11) is 0. The third kappa shape index (κ3) is 3.95. The maximum Gasteiger partial charge on any atom is 0.237 e. The minimum absolute atomic E-state index is 0.0665. The summed E-state index contributed by atoms with van der Waals surface area (Å²) in [6.45, 7) is 5.76. The van der Waals surface area contributed by atoms with Gasteiger partial charge < -0.3 is 5.73 Å². The number of hydrogen-bond acceptors (Lipinski definition) is 3. The smallest absolute Gasteiger partial charge is 0.237 e. The van der Waals surface area contributed by atoms with E-state index in [1.807, 2.05) is 13.8 Å². The van der Waals surface area contributed by atoms with Crippen LogP contribution in [0.4, 0.5) is 0 Å². The fraction of sp³-hybridized carbons (Fsp3) is 0.857. The molecule has 4 nitrogen and oxygen atoms in total. The Hall–Kier alpha value is -0.610. The lowest BCUT2D eigenvalue weighted by Crippen LogP contribution is -2.43. The van der Waals surface area contributed by atoms with Gasteiger partial charge in [-0.3, -0.25) is 9.80 Å². The fourth-order valence-corrected chi connectivity index (χ4v) is 0.826. The maximum atomic E-state index is 11.1. The first-order valence-electron chi connectivity index (χ1n) is 4.00. The summed E-state index contributed by atoms with van der Waals surface area (Å²) in [5.74, 6) is 0.0665. The van der Waals surface area contributed by atoms with Crippen LogP contribution < -0.4 is 11.2 Å². The number of nitrogens with zero attached hydrogens (tertiary/aromatic N) is 1. The number of nitrogens with one attached hydrogen (secondary N) is 1. The molecule has 66 valence electrons. The van der Waals surface area contributed by atoms with E-state index >= 15 is 0 Å². The average molecular weight is 159 g/mol. The Morgan fingerprint density at radius 3 is 2.55 bits per heavy atom. The molecule has 0 aliphatic heterocycles. The molecular weight excluding hydrogens is 142 g/mol. The highest BCUT2D eigenvalue weighted by Gasteiger charge is 2.07. The van der Waals surface area contributed by atoms with Crippen molar-refractivity contribution in [1.29, 1.82) is 0 Å². The van der Waals surface area contributed by atoms with E-state index in [-0.39, 0.29) is 5.91 Å². The molecular formula is C7H17N3O. The molecule has 0 unspecified atom stereocenters. The van der Waals surface area contributed by atoms with Crippen molar-refractivity contribution in [3.63, 3.8) is 0 Å². The van der Waals surface area contributed by atoms with Crippen molar-refractivity contribution in [3.05, 3.63) is 0 Å². The molecule has 0 bridgehead atoms. The van der Waals surface area contributed by atoms with Gasteiger partial charge in [0.05, 0.1) is 0 Å². The Kier molecular flexibility index (Phi) is 5.78. The van der Waals surface area contributed by atoms with Crippen LogP contribution in [0, 0.1) is 0 Å². The first-order valence-corrected chi connectivity index (χ1v) is 4.00. The number of hydrogen-bond donors (Lipinski definition) is 2. The van der Waals surface area contributed by atoms with Gasteiger partial charge in [0.1, 0.15) is 0 Å². The first-order chi connectivity index (χ1) is 5.26. The fourth-order valence-electron chi connectivity index (χ4n) is 0.826. The van der Waals surface area contributed by atoms with Gasteiger partial charge in [-0.05, 0) is 6.92 Å². The zero-order valence-corrected chi connectivity index (χ0v) is 7.26. The van der Waals surface area contributed by atoms with Gasteiger partial charge in [0.15, 0.2) is 0 Å². The molecule has 0 heterocycles. The second-order valence-electron chi connectivity index (χ2n) is 2.19. The summed E-state index contributed by atoms with van der Waals surface area (Å²) in [6, 6.07) is 0. The van der Waals surface area contributed by atoms with Crippen molar-refractivity contribution in [1.82, 2.24) is 10.4 Å². The molecule has 4 heteroatoms. The SMILES string of the molecule is CCNN(CC)C(=O)CCN. The van der Waals surface area contributed by atoms with E-state index in [2.05, 4.69) is 5.43 Å². The lowest BCUT2D eigenvalue weighted by Gasteiger charge is -2.20. The van der Waals surface area contributed by atoms with Crippen molar-refractivity contribution in [2.45, 2.75) is 20.3 Å². The van der Waals surface area contributed by atoms with Gasteiger partial charge in [-0.2, -0.15) is 0 Å². The van der Waals surface area contributed by atoms with E-state index in [0.717, 1.165) is 6.54 Å². The highest BCUT2D eigenvalue weighted by atomic mass is 16.2. The Morgan fingerprint density at radius 2 is 2.18 bits per heavy atom. The molecule has 3 N–H and O–H groups in total. The number of hydrazine groups is 1. The number of amides is 1. The molecule has 0 spiro atoms. The summed E-state index contributed by atoms with van der Waals surface area (Å²) in [5, 5.41) is 1.59. The van der Waals surface area contributed by atoms with Crippen LogP contribution in [-0.2, 0) is 4.79 Å². The summed E-state index contributed by atoms with van der Waals surface area (Å²) in [4.78, 5) is 11.1. The number of carbonyl (C=O) groups excluding carboxylic acids is 1. The predicted octanol–water partition coefficient (Wildman–Crippen LogP) is -0.292. The van der Waals surface area contributed by atoms with E-state index < -0.39 is 0 Å². The van der Waals surface area contributed by atoms with Gasteiger partial charge >= 0.3 is 0 Å². The molecule has 0 aliphatic carbocycles. The summed E-state index contributed by atoms with van der Waals surface area (Å²) in [6.07, 6.45) is 0.418. The first kappa shape index (κ1) is 10.4. The van der Waals surface area contributed by atoms with Crippen molar-refractivity contribution in [2.75, 3.05) is 19.6 Å². The lowest BCUT2D eigenvalue weighted by molar-refractivity contribution is -0.133. The third-order valence-corrected chi connectivity index (χ3v) is 1.32. The zero-order chi connectivity index (χ0) is 8.69. The van der Waals surface area contributed by atoms with Crippen LogP contribution in [0.25, 0.3) is 0 Å². The van der Waals surface area contributed by atoms with Crippen LogP contribution in [0.2, 0.25) is 0 Å². The maximum absolute atomic E-state index is 11.1. The van der Waals surface area contributed by atoms with Crippen molar-refractivity contribution in [2.24, 2.45) is 5.73 Å². The van der Waals surface area contributed by atoms with Crippen LogP contribution in [0.15, 0.2) is 0 Å². The molecule has 0 fully saturated rings. The van der Waals surface area contributed by atoms with E-state index in [0.29, 0.717) is 19.5 Å². The molecule has 0 radical (unpaired) electrons. The lowest BCUT2D eigenvalue weighted by atomic mass is 10.4. The Labute approximate surface area is 67.7 Å². The molecule has 0 saturated heterocycles. The molecule has 0 atom stereocenters. The molecule has 0 saturated carbocycles. The second kappa shape index (κ2) is 6.12. The topological polar surface area (TPSA) is 58.4 Å². The monoisotopic (exact) mass is 159 g/mol. The van der Waals surface area contributed by atoms with Crippen molar-refractivity contribution in [3.8, 4) is 0 Å². The van der Waals surface area contributed by atoms with Gasteiger partial charge in [0.25, 0.3) is 0 Å². The Bertz CT molecular complexity index is 116. The Balaban J connectivity index is 3.71. The number of nitrogens with two attached hydrogens (primary N) is 1. The van der Waals surface area contributed by atoms with E-state index in [1.54, 1.807) is 5.01 Å². The van der Waals surface area contributed by atoms with Gasteiger partial charge in [-0.15, -0.1) is 0 Å². The summed E-state index contributed by atoms with van der Waals surface area (Å²) in [5.41, 5.74) is 8.19. The molecule has 0 aromatic carbocycles. The number of carbonyl (C=O) groups is 1. The average Bonchev–Trinajstić information content (AvgIpc) is 2.00. The van der Waals surface area contributed by atoms with Gasteiger partial charge in [-0.1, -0.05) is 6.92 Å². The predicted molar refractivity (Wildman–Crippen MR) is 44.7 cm³/mol. The summed E-state index contributed by atoms with van der Waals surface area (Å²) >= 11 is 0. The van der Waals surface area contributed by atoms with Crippen molar-refractivity contribution >= 4 is 5.91 Å². The van der Waals surface area contributed by atoms with Crippen LogP contribution >= 0.6 is 0 Å². The van der Waals surface area contributed by atoms with Crippen LogP contribution in [-0.4, -0.2) is 30.6 Å². The van der Waals surface area contributed by atoms with Crippen LogP contribution in [0.3, 0.4) is 0 Å². The van der Waals surface area contributed by atoms with Gasteiger partial charge in [-0.25, -0.2) is 5.43 Å². The highest BCUT2D eigenvalue weighted by Crippen LogP contribution is 1.87. The standard InChI is InChI=1S/C7H17N3O/c1-3-9-10(4-2)7(11)5-6-8/h9H,3-6,8H2,1-2H3. The molecule has 11 heavy (non-hydrogen) atoms. The van der Waals surface area contributed by atoms with Gasteiger partial charge in [0.2, 0.25) is 5.91 Å². The van der Waals surface area contributed by atoms with E-state index in [1.165, 1.54) is 0 Å². The van der Waals surface area contributed by atoms with E-state index in [4.69, 9.17) is 5.73 Å². The van der Waals surface area contributed by atoms with Crippen LogP contribution in [0.1, 0.15) is 20.3 Å². The summed E-state index contributed by atoms with van der Waals surface area (Å²) < 4.78 is 0. The van der Waals surface area contributed by atoms with Crippen molar-refractivity contribution < 1.29 is 4.79 Å². The minimum Gasteiger partial charge on any atom is -0.330 e. The zero-order valence-electron chi connectivity index (χ0n) is 7.26. The minimum atomic E-state index is 0.0665. The molecule has 0 aromatic heterocycles. The quantitative estimate of drug-likeness (QED) is 0.542. The molecule has 0 aliphatic rings. The Morgan fingerprint density at radius 1 is 1.55 bits per heavy atom. The van der Waals surface area contributed by atoms with Crippen LogP contribution in [0.5, 0.6) is 0 Å². The van der Waals surface area contributed by atoms with E-state index in [9.17, 15) is 4.79 Å². The highest BCUT2D eigenvalue weighted by molar-refractivity contribution is 5.75. The number of rotatable bonds is 5. The third-order valence-electron chi connectivity index (χ3n) is 1.32.